The summed E-state index contributed by atoms with van der Waals surface area (Å²) in [6.07, 6.45) is 3.53. The third kappa shape index (κ3) is 3.69. The van der Waals surface area contributed by atoms with Crippen LogP contribution in [0.15, 0.2) is 34.8 Å². The summed E-state index contributed by atoms with van der Waals surface area (Å²) in [5, 5.41) is 12.1. The maximum Gasteiger partial charge on any atom is 0.192 e. The van der Waals surface area contributed by atoms with Crippen LogP contribution >= 0.6 is 23.1 Å². The molecule has 1 atom stereocenters. The van der Waals surface area contributed by atoms with Crippen LogP contribution in [0, 0.1) is 11.7 Å². The highest BCUT2D eigenvalue weighted by atomic mass is 32.2. The van der Waals surface area contributed by atoms with E-state index in [-0.39, 0.29) is 11.9 Å². The lowest BCUT2D eigenvalue weighted by atomic mass is 9.88. The van der Waals surface area contributed by atoms with Crippen molar-refractivity contribution in [2.75, 3.05) is 0 Å². The van der Waals surface area contributed by atoms with Crippen molar-refractivity contribution in [2.45, 2.75) is 57.0 Å². The molecule has 6 heteroatoms. The zero-order chi connectivity index (χ0) is 19.0. The first-order valence-corrected chi connectivity index (χ1v) is 11.3. The molecule has 1 aromatic carbocycles. The molecule has 1 unspecified atom stereocenters. The largest absolute Gasteiger partial charge is 0.299 e. The van der Waals surface area contributed by atoms with Crippen molar-refractivity contribution in [2.24, 2.45) is 5.92 Å². The smallest absolute Gasteiger partial charge is 0.192 e. The minimum absolute atomic E-state index is 0.165. The Morgan fingerprint density at radius 3 is 2.89 bits per heavy atom. The highest BCUT2D eigenvalue weighted by Gasteiger charge is 2.25. The summed E-state index contributed by atoms with van der Waals surface area (Å²) in [6.45, 7) is 6.64. The molecule has 0 saturated carbocycles. The molecule has 0 spiro atoms. The minimum Gasteiger partial charge on any atom is -0.299 e. The van der Waals surface area contributed by atoms with Gasteiger partial charge in [-0.1, -0.05) is 36.9 Å². The number of thioether (sulfide) groups is 1. The highest BCUT2D eigenvalue weighted by molar-refractivity contribution is 7.98. The first-order chi connectivity index (χ1) is 13.0. The number of nitrogens with zero attached hydrogens (tertiary/aromatic N) is 3. The van der Waals surface area contributed by atoms with Crippen molar-refractivity contribution >= 4 is 23.1 Å². The SMILES string of the molecule is CC1CCc2c(-c3nnc(SCc4ccccc4F)n3C(C)C)csc2C1. The van der Waals surface area contributed by atoms with Crippen LogP contribution in [0.25, 0.3) is 11.4 Å². The third-order valence-corrected chi connectivity index (χ3v) is 7.18. The van der Waals surface area contributed by atoms with E-state index < -0.39 is 0 Å². The molecular formula is C21H24FN3S2. The van der Waals surface area contributed by atoms with E-state index in [1.54, 1.807) is 17.8 Å². The molecule has 0 fully saturated rings. The van der Waals surface area contributed by atoms with Gasteiger partial charge in [0.05, 0.1) is 0 Å². The summed E-state index contributed by atoms with van der Waals surface area (Å²) in [7, 11) is 0. The fourth-order valence-electron chi connectivity index (χ4n) is 3.65. The van der Waals surface area contributed by atoms with Gasteiger partial charge in [0.15, 0.2) is 11.0 Å². The van der Waals surface area contributed by atoms with Crippen LogP contribution in [0.5, 0.6) is 0 Å². The lowest BCUT2D eigenvalue weighted by Gasteiger charge is -2.19. The molecule has 3 nitrogen and oxygen atoms in total. The summed E-state index contributed by atoms with van der Waals surface area (Å²) in [5.41, 5.74) is 3.39. The number of fused-ring (bicyclic) bond motifs is 1. The van der Waals surface area contributed by atoms with Crippen LogP contribution in [0.4, 0.5) is 4.39 Å². The van der Waals surface area contributed by atoms with Crippen molar-refractivity contribution in [1.29, 1.82) is 0 Å². The van der Waals surface area contributed by atoms with Gasteiger partial charge in [-0.15, -0.1) is 21.5 Å². The Morgan fingerprint density at radius 1 is 1.30 bits per heavy atom. The van der Waals surface area contributed by atoms with Gasteiger partial charge in [-0.25, -0.2) is 4.39 Å². The lowest BCUT2D eigenvalue weighted by Crippen LogP contribution is -2.10. The van der Waals surface area contributed by atoms with Gasteiger partial charge in [0.25, 0.3) is 0 Å². The topological polar surface area (TPSA) is 30.7 Å². The minimum atomic E-state index is -0.165. The van der Waals surface area contributed by atoms with Gasteiger partial charge in [0.2, 0.25) is 0 Å². The first kappa shape index (κ1) is 18.7. The number of hydrogen-bond acceptors (Lipinski definition) is 4. The average molecular weight is 402 g/mol. The predicted molar refractivity (Wildman–Crippen MR) is 111 cm³/mol. The molecule has 0 aliphatic heterocycles. The molecule has 142 valence electrons. The maximum atomic E-state index is 13.9. The van der Waals surface area contributed by atoms with E-state index in [2.05, 4.69) is 40.9 Å². The van der Waals surface area contributed by atoms with Crippen molar-refractivity contribution in [3.05, 3.63) is 51.5 Å². The molecule has 0 N–H and O–H groups in total. The van der Waals surface area contributed by atoms with Gasteiger partial charge in [0, 0.05) is 27.6 Å². The van der Waals surface area contributed by atoms with Crippen molar-refractivity contribution in [3.8, 4) is 11.4 Å². The van der Waals surface area contributed by atoms with E-state index in [0.717, 1.165) is 23.3 Å². The second-order valence-electron chi connectivity index (χ2n) is 7.55. The van der Waals surface area contributed by atoms with E-state index in [1.165, 1.54) is 34.9 Å². The van der Waals surface area contributed by atoms with Gasteiger partial charge in [-0.05, 0) is 56.2 Å². The van der Waals surface area contributed by atoms with Gasteiger partial charge in [0.1, 0.15) is 5.82 Å². The van der Waals surface area contributed by atoms with Gasteiger partial charge < -0.3 is 0 Å². The van der Waals surface area contributed by atoms with Crippen LogP contribution in [0.2, 0.25) is 0 Å². The Labute approximate surface area is 168 Å². The molecule has 3 aromatic rings. The molecule has 2 aromatic heterocycles. The quantitative estimate of drug-likeness (QED) is 0.481. The highest BCUT2D eigenvalue weighted by Crippen LogP contribution is 2.39. The summed E-state index contributed by atoms with van der Waals surface area (Å²) in [6, 6.07) is 7.17. The standard InChI is InChI=1S/C21H24FN3S2/c1-13(2)25-20(17-12-26-19-10-14(3)8-9-16(17)19)23-24-21(25)27-11-15-6-4-5-7-18(15)22/h4-7,12-14H,8-11H2,1-3H3. The molecule has 0 saturated heterocycles. The molecule has 0 amide bonds. The molecular weight excluding hydrogens is 377 g/mol. The van der Waals surface area contributed by atoms with Gasteiger partial charge >= 0.3 is 0 Å². The van der Waals surface area contributed by atoms with Crippen LogP contribution in [-0.2, 0) is 18.6 Å². The van der Waals surface area contributed by atoms with Crippen LogP contribution in [0.1, 0.15) is 49.2 Å². The Kier molecular flexibility index (Phi) is 5.37. The molecule has 0 radical (unpaired) electrons. The maximum absolute atomic E-state index is 13.9. The second-order valence-corrected chi connectivity index (χ2v) is 9.46. The van der Waals surface area contributed by atoms with Crippen LogP contribution < -0.4 is 0 Å². The molecule has 1 aliphatic carbocycles. The number of hydrogen-bond donors (Lipinski definition) is 0. The summed E-state index contributed by atoms with van der Waals surface area (Å²) in [5.74, 6) is 2.10. The molecule has 1 aliphatic rings. The monoisotopic (exact) mass is 401 g/mol. The number of rotatable bonds is 5. The Bertz CT molecular complexity index is 945. The Hall–Kier alpha value is -1.66. The predicted octanol–water partition coefficient (Wildman–Crippen LogP) is 6.14. The zero-order valence-corrected chi connectivity index (χ0v) is 17.5. The molecule has 4 rings (SSSR count). The van der Waals surface area contributed by atoms with Gasteiger partial charge in [-0.2, -0.15) is 0 Å². The Morgan fingerprint density at radius 2 is 2.11 bits per heavy atom. The molecule has 0 bridgehead atoms. The van der Waals surface area contributed by atoms with E-state index >= 15 is 0 Å². The normalized spacial score (nSPS) is 16.7. The fraction of sp³-hybridized carbons (Fsp3) is 0.429. The van der Waals surface area contributed by atoms with E-state index in [4.69, 9.17) is 0 Å². The summed E-state index contributed by atoms with van der Waals surface area (Å²) >= 11 is 3.41. The molecule has 2 heterocycles. The summed E-state index contributed by atoms with van der Waals surface area (Å²) < 4.78 is 16.1. The van der Waals surface area contributed by atoms with Crippen molar-refractivity contribution in [3.63, 3.8) is 0 Å². The van der Waals surface area contributed by atoms with E-state index in [9.17, 15) is 4.39 Å². The summed E-state index contributed by atoms with van der Waals surface area (Å²) in [4.78, 5) is 1.50. The van der Waals surface area contributed by atoms with E-state index in [0.29, 0.717) is 11.3 Å². The molecule has 27 heavy (non-hydrogen) atoms. The number of thiophene rings is 1. The number of benzene rings is 1. The third-order valence-electron chi connectivity index (χ3n) is 5.14. The van der Waals surface area contributed by atoms with Crippen molar-refractivity contribution < 1.29 is 4.39 Å². The number of aromatic nitrogens is 3. The van der Waals surface area contributed by atoms with Crippen LogP contribution in [0.3, 0.4) is 0 Å². The zero-order valence-electron chi connectivity index (χ0n) is 15.9. The lowest BCUT2D eigenvalue weighted by molar-refractivity contribution is 0.507. The van der Waals surface area contributed by atoms with E-state index in [1.807, 2.05) is 23.5 Å². The average Bonchev–Trinajstić information content (AvgIpc) is 3.24. The van der Waals surface area contributed by atoms with Crippen LogP contribution in [-0.4, -0.2) is 14.8 Å². The fourth-order valence-corrected chi connectivity index (χ4v) is 5.94. The first-order valence-electron chi connectivity index (χ1n) is 9.45. The van der Waals surface area contributed by atoms with Crippen molar-refractivity contribution in [1.82, 2.24) is 14.8 Å². The van der Waals surface area contributed by atoms with Gasteiger partial charge in [-0.3, -0.25) is 4.57 Å². The number of halogens is 1. The Balaban J connectivity index is 1.65. The second kappa shape index (κ2) is 7.76.